The quantitative estimate of drug-likeness (QED) is 0.850. The fourth-order valence-corrected chi connectivity index (χ4v) is 2.44. The van der Waals surface area contributed by atoms with Gasteiger partial charge in [0.1, 0.15) is 18.3 Å². The summed E-state index contributed by atoms with van der Waals surface area (Å²) in [6.45, 7) is 4.78. The second-order valence-corrected chi connectivity index (χ2v) is 5.34. The Balaban J connectivity index is 1.88. The van der Waals surface area contributed by atoms with Crippen LogP contribution in [-0.2, 0) is 4.79 Å². The van der Waals surface area contributed by atoms with E-state index in [0.717, 1.165) is 11.3 Å². The standard InChI is InChI=1S/C15H21NO3/c1-10(7-11(2)17)8-16-15(18)13-9-19-14-6-4-3-5-12(13)14/h3-6,10-11,13,17H,7-9H2,1-2H3,(H,16,18). The second kappa shape index (κ2) is 6.06. The number of carbonyl (C=O) groups excluding carboxylic acids is 1. The Labute approximate surface area is 113 Å². The van der Waals surface area contributed by atoms with Crippen LogP contribution in [0.2, 0.25) is 0 Å². The van der Waals surface area contributed by atoms with Gasteiger partial charge in [0, 0.05) is 12.1 Å². The van der Waals surface area contributed by atoms with Crippen LogP contribution in [0.1, 0.15) is 31.7 Å². The normalized spacial score (nSPS) is 20.3. The molecular weight excluding hydrogens is 242 g/mol. The highest BCUT2D eigenvalue weighted by Gasteiger charge is 2.29. The van der Waals surface area contributed by atoms with Crippen molar-refractivity contribution in [3.05, 3.63) is 29.8 Å². The first kappa shape index (κ1) is 13.9. The van der Waals surface area contributed by atoms with Gasteiger partial charge in [-0.05, 0) is 25.3 Å². The zero-order valence-electron chi connectivity index (χ0n) is 11.4. The summed E-state index contributed by atoms with van der Waals surface area (Å²) < 4.78 is 5.50. The molecular formula is C15H21NO3. The zero-order valence-corrected chi connectivity index (χ0v) is 11.4. The van der Waals surface area contributed by atoms with E-state index in [1.807, 2.05) is 31.2 Å². The average molecular weight is 263 g/mol. The van der Waals surface area contributed by atoms with Crippen molar-refractivity contribution in [2.24, 2.45) is 5.92 Å². The van der Waals surface area contributed by atoms with Gasteiger partial charge in [-0.1, -0.05) is 25.1 Å². The topological polar surface area (TPSA) is 58.6 Å². The Kier molecular flexibility index (Phi) is 4.43. The lowest BCUT2D eigenvalue weighted by atomic mass is 9.99. The minimum absolute atomic E-state index is 0.00222. The minimum Gasteiger partial charge on any atom is -0.492 e. The number of rotatable bonds is 5. The maximum atomic E-state index is 12.1. The van der Waals surface area contributed by atoms with Crippen molar-refractivity contribution in [2.45, 2.75) is 32.3 Å². The monoisotopic (exact) mass is 263 g/mol. The zero-order chi connectivity index (χ0) is 13.8. The third kappa shape index (κ3) is 3.47. The van der Waals surface area contributed by atoms with E-state index in [9.17, 15) is 9.90 Å². The summed E-state index contributed by atoms with van der Waals surface area (Å²) in [4.78, 5) is 12.1. The number of aliphatic hydroxyl groups excluding tert-OH is 1. The van der Waals surface area contributed by atoms with E-state index in [1.165, 1.54) is 0 Å². The molecule has 1 amide bonds. The van der Waals surface area contributed by atoms with Gasteiger partial charge in [-0.15, -0.1) is 0 Å². The largest absolute Gasteiger partial charge is 0.492 e. The van der Waals surface area contributed by atoms with E-state index in [2.05, 4.69) is 5.32 Å². The lowest BCUT2D eigenvalue weighted by Crippen LogP contribution is -2.34. The van der Waals surface area contributed by atoms with Gasteiger partial charge in [-0.2, -0.15) is 0 Å². The molecule has 1 aliphatic rings. The molecule has 0 spiro atoms. The summed E-state index contributed by atoms with van der Waals surface area (Å²) in [5.74, 6) is 0.860. The summed E-state index contributed by atoms with van der Waals surface area (Å²) in [5.41, 5.74) is 0.961. The van der Waals surface area contributed by atoms with E-state index >= 15 is 0 Å². The molecule has 0 aliphatic carbocycles. The third-order valence-corrected chi connectivity index (χ3v) is 3.38. The molecule has 3 atom stereocenters. The molecule has 0 radical (unpaired) electrons. The van der Waals surface area contributed by atoms with Crippen LogP contribution >= 0.6 is 0 Å². The van der Waals surface area contributed by atoms with Gasteiger partial charge in [0.25, 0.3) is 0 Å². The van der Waals surface area contributed by atoms with Crippen LogP contribution in [0.5, 0.6) is 5.75 Å². The first-order chi connectivity index (χ1) is 9.08. The number of benzene rings is 1. The van der Waals surface area contributed by atoms with Crippen molar-refractivity contribution in [1.82, 2.24) is 5.32 Å². The van der Waals surface area contributed by atoms with Crippen LogP contribution in [0.3, 0.4) is 0 Å². The molecule has 0 saturated carbocycles. The lowest BCUT2D eigenvalue weighted by Gasteiger charge is -2.16. The molecule has 3 unspecified atom stereocenters. The Hall–Kier alpha value is -1.55. The number of aliphatic hydroxyl groups is 1. The number of nitrogens with one attached hydrogen (secondary N) is 1. The van der Waals surface area contributed by atoms with Crippen LogP contribution in [0, 0.1) is 5.92 Å². The molecule has 19 heavy (non-hydrogen) atoms. The number of fused-ring (bicyclic) bond motifs is 1. The van der Waals surface area contributed by atoms with Crippen molar-refractivity contribution in [2.75, 3.05) is 13.2 Å². The Bertz CT molecular complexity index is 445. The molecule has 1 heterocycles. The third-order valence-electron chi connectivity index (χ3n) is 3.38. The van der Waals surface area contributed by atoms with Crippen molar-refractivity contribution in [3.63, 3.8) is 0 Å². The smallest absolute Gasteiger partial charge is 0.231 e. The van der Waals surface area contributed by atoms with Crippen LogP contribution in [0.15, 0.2) is 24.3 Å². The number of para-hydroxylation sites is 1. The van der Waals surface area contributed by atoms with Crippen LogP contribution in [-0.4, -0.2) is 30.3 Å². The summed E-state index contributed by atoms with van der Waals surface area (Å²) in [7, 11) is 0. The Morgan fingerprint density at radius 2 is 2.21 bits per heavy atom. The van der Waals surface area contributed by atoms with Crippen molar-refractivity contribution < 1.29 is 14.6 Å². The number of carbonyl (C=O) groups is 1. The van der Waals surface area contributed by atoms with Crippen molar-refractivity contribution in [3.8, 4) is 5.75 Å². The highest BCUT2D eigenvalue weighted by atomic mass is 16.5. The molecule has 0 bridgehead atoms. The molecule has 1 aromatic rings. The average Bonchev–Trinajstić information content (AvgIpc) is 2.79. The Morgan fingerprint density at radius 1 is 1.47 bits per heavy atom. The number of ether oxygens (including phenoxy) is 1. The lowest BCUT2D eigenvalue weighted by molar-refractivity contribution is -0.123. The molecule has 1 aromatic carbocycles. The second-order valence-electron chi connectivity index (χ2n) is 5.34. The van der Waals surface area contributed by atoms with Gasteiger partial charge in [-0.3, -0.25) is 4.79 Å². The van der Waals surface area contributed by atoms with Gasteiger partial charge in [0.05, 0.1) is 6.10 Å². The maximum Gasteiger partial charge on any atom is 0.231 e. The SMILES string of the molecule is CC(O)CC(C)CNC(=O)C1COc2ccccc21. The highest BCUT2D eigenvalue weighted by molar-refractivity contribution is 5.85. The minimum atomic E-state index is -0.331. The summed E-state index contributed by atoms with van der Waals surface area (Å²) in [6.07, 6.45) is 0.361. The van der Waals surface area contributed by atoms with Crippen molar-refractivity contribution >= 4 is 5.91 Å². The highest BCUT2D eigenvalue weighted by Crippen LogP contribution is 2.33. The van der Waals surface area contributed by atoms with E-state index in [1.54, 1.807) is 6.92 Å². The van der Waals surface area contributed by atoms with Gasteiger partial charge in [-0.25, -0.2) is 0 Å². The van der Waals surface area contributed by atoms with Crippen LogP contribution in [0.4, 0.5) is 0 Å². The summed E-state index contributed by atoms with van der Waals surface area (Å²) in [6, 6.07) is 7.65. The number of hydrogen-bond acceptors (Lipinski definition) is 3. The van der Waals surface area contributed by atoms with Gasteiger partial charge < -0.3 is 15.2 Å². The molecule has 1 aliphatic heterocycles. The molecule has 2 rings (SSSR count). The molecule has 4 heteroatoms. The van der Waals surface area contributed by atoms with Crippen molar-refractivity contribution in [1.29, 1.82) is 0 Å². The van der Waals surface area contributed by atoms with Crippen LogP contribution < -0.4 is 10.1 Å². The molecule has 2 N–H and O–H groups in total. The van der Waals surface area contributed by atoms with Gasteiger partial charge in [0.15, 0.2) is 0 Å². The van der Waals surface area contributed by atoms with Crippen LogP contribution in [0.25, 0.3) is 0 Å². The predicted octanol–water partition coefficient (Wildman–Crippen LogP) is 1.69. The molecule has 0 saturated heterocycles. The predicted molar refractivity (Wildman–Crippen MR) is 73.1 cm³/mol. The van der Waals surface area contributed by atoms with E-state index in [-0.39, 0.29) is 23.8 Å². The molecule has 0 aromatic heterocycles. The molecule has 104 valence electrons. The number of amides is 1. The summed E-state index contributed by atoms with van der Waals surface area (Å²) in [5, 5.41) is 12.2. The summed E-state index contributed by atoms with van der Waals surface area (Å²) >= 11 is 0. The van der Waals surface area contributed by atoms with E-state index in [4.69, 9.17) is 4.74 Å². The Morgan fingerprint density at radius 3 is 2.95 bits per heavy atom. The molecule has 0 fully saturated rings. The van der Waals surface area contributed by atoms with E-state index < -0.39 is 0 Å². The van der Waals surface area contributed by atoms with E-state index in [0.29, 0.717) is 19.6 Å². The number of hydrogen-bond donors (Lipinski definition) is 2. The maximum absolute atomic E-state index is 12.1. The first-order valence-corrected chi connectivity index (χ1v) is 6.75. The van der Waals surface area contributed by atoms with Gasteiger partial charge >= 0.3 is 0 Å². The fraction of sp³-hybridized carbons (Fsp3) is 0.533. The van der Waals surface area contributed by atoms with Gasteiger partial charge in [0.2, 0.25) is 5.91 Å². The fourth-order valence-electron chi connectivity index (χ4n) is 2.44. The first-order valence-electron chi connectivity index (χ1n) is 6.75. The molecule has 4 nitrogen and oxygen atoms in total.